The summed E-state index contributed by atoms with van der Waals surface area (Å²) < 4.78 is 0. The summed E-state index contributed by atoms with van der Waals surface area (Å²) in [6.45, 7) is 3.68. The normalized spacial score (nSPS) is 11.1. The molecule has 0 radical (unpaired) electrons. The highest BCUT2D eigenvalue weighted by atomic mass is 35.5. The third-order valence-corrected chi connectivity index (χ3v) is 3.18. The molecule has 0 fully saturated rings. The minimum absolute atomic E-state index is 0.166. The van der Waals surface area contributed by atoms with E-state index in [4.69, 9.17) is 11.6 Å². The van der Waals surface area contributed by atoms with Gasteiger partial charge in [0.25, 0.3) is 0 Å². The maximum Gasteiger partial charge on any atom is 0.236 e. The first-order valence-corrected chi connectivity index (χ1v) is 6.22. The van der Waals surface area contributed by atoms with Gasteiger partial charge in [-0.2, -0.15) is 0 Å². The second-order valence-electron chi connectivity index (χ2n) is 4.66. The third kappa shape index (κ3) is 3.09. The van der Waals surface area contributed by atoms with Crippen LogP contribution in [0.3, 0.4) is 0 Å². The zero-order valence-electron chi connectivity index (χ0n) is 10.7. The van der Waals surface area contributed by atoms with Gasteiger partial charge in [-0.15, -0.1) is 0 Å². The van der Waals surface area contributed by atoms with Crippen LogP contribution in [0.5, 0.6) is 0 Å². The largest absolute Gasteiger partial charge is 0.294 e. The van der Waals surface area contributed by atoms with Gasteiger partial charge in [-0.25, -0.2) is 9.97 Å². The highest BCUT2D eigenvalue weighted by Crippen LogP contribution is 2.25. The molecule has 0 unspecified atom stereocenters. The Morgan fingerprint density at radius 2 is 1.74 bits per heavy atom. The number of rotatable bonds is 3. The minimum atomic E-state index is -0.691. The minimum Gasteiger partial charge on any atom is -0.294 e. The number of carbonyl (C=O) groups is 1. The fraction of sp³-hybridized carbons (Fsp3) is 0.214. The van der Waals surface area contributed by atoms with Crippen LogP contribution in [0.15, 0.2) is 42.7 Å². The fourth-order valence-corrected chi connectivity index (χ4v) is 1.75. The molecule has 1 heterocycles. The van der Waals surface area contributed by atoms with E-state index in [9.17, 15) is 4.79 Å². The van der Waals surface area contributed by atoms with Crippen molar-refractivity contribution in [3.05, 3.63) is 53.3 Å². The van der Waals surface area contributed by atoms with Gasteiger partial charge in [0, 0.05) is 17.4 Å². The Balaban J connectivity index is 2.19. The van der Waals surface area contributed by atoms with Crippen LogP contribution in [0.1, 0.15) is 19.4 Å². The molecule has 1 aromatic heterocycles. The van der Waals surface area contributed by atoms with Crippen LogP contribution < -0.4 is 5.32 Å². The number of amides is 1. The molecule has 0 spiro atoms. The molecular weight excluding hydrogens is 262 g/mol. The Hall–Kier alpha value is -1.94. The van der Waals surface area contributed by atoms with Gasteiger partial charge in [0.1, 0.15) is 0 Å². The number of anilines is 1. The Morgan fingerprint density at radius 3 is 2.32 bits per heavy atom. The van der Waals surface area contributed by atoms with Crippen LogP contribution in [0.4, 0.5) is 5.95 Å². The summed E-state index contributed by atoms with van der Waals surface area (Å²) in [6, 6.07) is 8.91. The van der Waals surface area contributed by atoms with Gasteiger partial charge >= 0.3 is 0 Å². The maximum atomic E-state index is 12.3. The number of hydrogen-bond acceptors (Lipinski definition) is 3. The topological polar surface area (TPSA) is 54.9 Å². The molecule has 0 saturated heterocycles. The smallest absolute Gasteiger partial charge is 0.236 e. The second-order valence-corrected chi connectivity index (χ2v) is 5.09. The van der Waals surface area contributed by atoms with Crippen molar-refractivity contribution >= 4 is 23.5 Å². The molecule has 98 valence electrons. The van der Waals surface area contributed by atoms with Gasteiger partial charge in [0.15, 0.2) is 0 Å². The molecule has 0 aliphatic rings. The lowest BCUT2D eigenvalue weighted by molar-refractivity contribution is -0.120. The predicted octanol–water partition coefficient (Wildman–Crippen LogP) is 3.05. The summed E-state index contributed by atoms with van der Waals surface area (Å²) in [4.78, 5) is 20.2. The van der Waals surface area contributed by atoms with Gasteiger partial charge in [-0.05, 0) is 37.6 Å². The van der Waals surface area contributed by atoms with Gasteiger partial charge in [0.2, 0.25) is 11.9 Å². The molecule has 5 heteroatoms. The zero-order chi connectivity index (χ0) is 13.9. The van der Waals surface area contributed by atoms with Crippen LogP contribution in [0, 0.1) is 0 Å². The lowest BCUT2D eigenvalue weighted by Gasteiger charge is -2.23. The summed E-state index contributed by atoms with van der Waals surface area (Å²) in [5, 5.41) is 3.35. The molecule has 0 aliphatic heterocycles. The van der Waals surface area contributed by atoms with Crippen molar-refractivity contribution < 1.29 is 4.79 Å². The van der Waals surface area contributed by atoms with Crippen molar-refractivity contribution in [1.82, 2.24) is 9.97 Å². The summed E-state index contributed by atoms with van der Waals surface area (Å²) in [5.41, 5.74) is 0.189. The van der Waals surface area contributed by atoms with Crippen LogP contribution in [0.25, 0.3) is 0 Å². The van der Waals surface area contributed by atoms with Gasteiger partial charge in [-0.3, -0.25) is 10.1 Å². The van der Waals surface area contributed by atoms with E-state index in [0.29, 0.717) is 11.0 Å². The predicted molar refractivity (Wildman–Crippen MR) is 75.1 cm³/mol. The van der Waals surface area contributed by atoms with E-state index in [0.717, 1.165) is 5.56 Å². The summed E-state index contributed by atoms with van der Waals surface area (Å²) >= 11 is 5.85. The van der Waals surface area contributed by atoms with Crippen molar-refractivity contribution in [3.8, 4) is 0 Å². The maximum absolute atomic E-state index is 12.3. The molecule has 0 atom stereocenters. The first-order valence-electron chi connectivity index (χ1n) is 5.84. The summed E-state index contributed by atoms with van der Waals surface area (Å²) in [5.74, 6) is 0.135. The van der Waals surface area contributed by atoms with Crippen LogP contribution in [-0.2, 0) is 10.2 Å². The number of aromatic nitrogens is 2. The zero-order valence-corrected chi connectivity index (χ0v) is 11.5. The molecule has 0 aliphatic carbocycles. The molecule has 1 amide bonds. The molecule has 1 N–H and O–H groups in total. The van der Waals surface area contributed by atoms with E-state index < -0.39 is 5.41 Å². The van der Waals surface area contributed by atoms with Crippen molar-refractivity contribution in [2.24, 2.45) is 0 Å². The molecule has 2 aromatic rings. The number of halogens is 1. The Labute approximate surface area is 116 Å². The van der Waals surface area contributed by atoms with Crippen molar-refractivity contribution in [3.63, 3.8) is 0 Å². The van der Waals surface area contributed by atoms with E-state index in [1.807, 2.05) is 26.0 Å². The van der Waals surface area contributed by atoms with Gasteiger partial charge in [0.05, 0.1) is 5.41 Å². The molecule has 0 bridgehead atoms. The highest BCUT2D eigenvalue weighted by Gasteiger charge is 2.30. The van der Waals surface area contributed by atoms with Crippen LogP contribution in [0.2, 0.25) is 5.02 Å². The number of nitrogens with zero attached hydrogens (tertiary/aromatic N) is 2. The SMILES string of the molecule is CC(C)(C(=O)Nc1ncccn1)c1ccc(Cl)cc1. The molecule has 4 nitrogen and oxygen atoms in total. The highest BCUT2D eigenvalue weighted by molar-refractivity contribution is 6.30. The van der Waals surface area contributed by atoms with E-state index in [2.05, 4.69) is 15.3 Å². The van der Waals surface area contributed by atoms with E-state index in [-0.39, 0.29) is 5.91 Å². The summed E-state index contributed by atoms with van der Waals surface area (Å²) in [7, 11) is 0. The third-order valence-electron chi connectivity index (χ3n) is 2.92. The van der Waals surface area contributed by atoms with E-state index in [1.165, 1.54) is 0 Å². The molecule has 2 rings (SSSR count). The fourth-order valence-electron chi connectivity index (χ4n) is 1.62. The standard InChI is InChI=1S/C14H14ClN3O/c1-14(2,10-4-6-11(15)7-5-10)12(19)18-13-16-8-3-9-17-13/h3-9H,1-2H3,(H,16,17,18,19). The lowest BCUT2D eigenvalue weighted by atomic mass is 9.84. The molecule has 0 saturated carbocycles. The molecule has 19 heavy (non-hydrogen) atoms. The van der Waals surface area contributed by atoms with E-state index in [1.54, 1.807) is 30.6 Å². The Morgan fingerprint density at radius 1 is 1.16 bits per heavy atom. The first kappa shape index (κ1) is 13.5. The van der Waals surface area contributed by atoms with Crippen molar-refractivity contribution in [2.75, 3.05) is 5.32 Å². The van der Waals surface area contributed by atoms with Crippen molar-refractivity contribution in [1.29, 1.82) is 0 Å². The average molecular weight is 276 g/mol. The van der Waals surface area contributed by atoms with E-state index >= 15 is 0 Å². The first-order chi connectivity index (χ1) is 9.00. The second kappa shape index (κ2) is 5.36. The summed E-state index contributed by atoms with van der Waals surface area (Å²) in [6.07, 6.45) is 3.16. The number of hydrogen-bond donors (Lipinski definition) is 1. The van der Waals surface area contributed by atoms with Crippen LogP contribution >= 0.6 is 11.6 Å². The number of nitrogens with one attached hydrogen (secondary N) is 1. The molecular formula is C14H14ClN3O. The van der Waals surface area contributed by atoms with Crippen molar-refractivity contribution in [2.45, 2.75) is 19.3 Å². The van der Waals surface area contributed by atoms with Crippen LogP contribution in [-0.4, -0.2) is 15.9 Å². The lowest BCUT2D eigenvalue weighted by Crippen LogP contribution is -2.35. The molecule has 1 aromatic carbocycles. The Kier molecular flexibility index (Phi) is 3.81. The Bertz CT molecular complexity index is 567. The number of carbonyl (C=O) groups excluding carboxylic acids is 1. The van der Waals surface area contributed by atoms with Gasteiger partial charge < -0.3 is 0 Å². The average Bonchev–Trinajstić information content (AvgIpc) is 2.40. The van der Waals surface area contributed by atoms with Gasteiger partial charge in [-0.1, -0.05) is 23.7 Å². The number of benzene rings is 1. The monoisotopic (exact) mass is 275 g/mol. The quantitative estimate of drug-likeness (QED) is 0.937.